The molecule has 0 amide bonds. The molecule has 0 saturated carbocycles. The van der Waals surface area contributed by atoms with Crippen LogP contribution < -0.4 is 5.56 Å². The molecular weight excluding hydrogens is 319 g/mol. The van der Waals surface area contributed by atoms with Gasteiger partial charge in [-0.05, 0) is 41.5 Å². The predicted molar refractivity (Wildman–Crippen MR) is 82.1 cm³/mol. The molecule has 3 rings (SSSR count). The van der Waals surface area contributed by atoms with E-state index in [1.54, 1.807) is 24.3 Å². The van der Waals surface area contributed by atoms with Crippen LogP contribution in [0, 0.1) is 5.82 Å². The Morgan fingerprint density at radius 3 is 1.91 bits per heavy atom. The summed E-state index contributed by atoms with van der Waals surface area (Å²) in [5.41, 5.74) is 1.06. The maximum absolute atomic E-state index is 12.9. The Hall–Kier alpha value is -2.80. The summed E-state index contributed by atoms with van der Waals surface area (Å²) in [5, 5.41) is 5.42. The highest BCUT2D eigenvalue weighted by molar-refractivity contribution is 7.91. The van der Waals surface area contributed by atoms with Crippen molar-refractivity contribution in [2.45, 2.75) is 9.92 Å². The number of H-pyrrole nitrogens is 1. The van der Waals surface area contributed by atoms with Crippen molar-refractivity contribution < 1.29 is 12.8 Å². The quantitative estimate of drug-likeness (QED) is 0.800. The highest BCUT2D eigenvalue weighted by atomic mass is 32.2. The van der Waals surface area contributed by atoms with Gasteiger partial charge in [-0.2, -0.15) is 5.10 Å². The van der Waals surface area contributed by atoms with Crippen LogP contribution in [0.2, 0.25) is 0 Å². The first-order valence-corrected chi connectivity index (χ1v) is 8.12. The molecule has 0 fully saturated rings. The molecule has 5 nitrogen and oxygen atoms in total. The van der Waals surface area contributed by atoms with Gasteiger partial charge in [0.2, 0.25) is 9.84 Å². The monoisotopic (exact) mass is 330 g/mol. The third kappa shape index (κ3) is 3.04. The molecule has 0 aliphatic heterocycles. The van der Waals surface area contributed by atoms with Crippen molar-refractivity contribution in [2.75, 3.05) is 0 Å². The maximum atomic E-state index is 12.9. The van der Waals surface area contributed by atoms with E-state index in [1.807, 2.05) is 0 Å². The number of nitrogens with zero attached hydrogens (tertiary/aromatic N) is 1. The fourth-order valence-corrected chi connectivity index (χ4v) is 3.22. The van der Waals surface area contributed by atoms with Gasteiger partial charge < -0.3 is 0 Å². The molecule has 1 aromatic heterocycles. The van der Waals surface area contributed by atoms with E-state index in [-0.39, 0.29) is 15.7 Å². The minimum atomic E-state index is -3.80. The summed E-state index contributed by atoms with van der Waals surface area (Å²) in [5.74, 6) is -0.336. The van der Waals surface area contributed by atoms with E-state index in [1.165, 1.54) is 24.3 Å². The highest BCUT2D eigenvalue weighted by Gasteiger charge is 2.19. The molecule has 0 aliphatic carbocycles. The maximum Gasteiger partial charge on any atom is 0.264 e. The molecule has 0 spiro atoms. The smallest absolute Gasteiger partial charge is 0.264 e. The first kappa shape index (κ1) is 15.1. The van der Waals surface area contributed by atoms with E-state index in [0.29, 0.717) is 0 Å². The summed E-state index contributed by atoms with van der Waals surface area (Å²) < 4.78 is 37.7. The Balaban J connectivity index is 1.97. The Kier molecular flexibility index (Phi) is 3.79. The van der Waals surface area contributed by atoms with Crippen LogP contribution in [0.4, 0.5) is 4.39 Å². The SMILES string of the molecule is O=c1ccc(S(=O)(=O)c2ccc(-c3ccc(F)cc3)cc2)n[nH]1. The Labute approximate surface area is 131 Å². The van der Waals surface area contributed by atoms with Gasteiger partial charge in [-0.3, -0.25) is 4.79 Å². The van der Waals surface area contributed by atoms with E-state index >= 15 is 0 Å². The molecule has 1 N–H and O–H groups in total. The second kappa shape index (κ2) is 5.77. The van der Waals surface area contributed by atoms with E-state index in [9.17, 15) is 17.6 Å². The van der Waals surface area contributed by atoms with E-state index in [2.05, 4.69) is 10.2 Å². The number of benzene rings is 2. The van der Waals surface area contributed by atoms with Gasteiger partial charge >= 0.3 is 0 Å². The molecule has 0 radical (unpaired) electrons. The normalized spacial score (nSPS) is 11.3. The summed E-state index contributed by atoms with van der Waals surface area (Å²) in [6.45, 7) is 0. The third-order valence-corrected chi connectivity index (χ3v) is 4.94. The second-order valence-electron chi connectivity index (χ2n) is 4.79. The Morgan fingerprint density at radius 2 is 1.39 bits per heavy atom. The number of rotatable bonds is 3. The van der Waals surface area contributed by atoms with Gasteiger partial charge in [-0.25, -0.2) is 17.9 Å². The Bertz CT molecular complexity index is 974. The van der Waals surface area contributed by atoms with Gasteiger partial charge in [0, 0.05) is 6.07 Å². The van der Waals surface area contributed by atoms with Crippen LogP contribution in [0.25, 0.3) is 11.1 Å². The number of sulfone groups is 1. The lowest BCUT2D eigenvalue weighted by atomic mass is 10.1. The molecular formula is C16H11FN2O3S. The summed E-state index contributed by atoms with van der Waals surface area (Å²) >= 11 is 0. The second-order valence-corrected chi connectivity index (χ2v) is 6.69. The summed E-state index contributed by atoms with van der Waals surface area (Å²) in [6.07, 6.45) is 0. The summed E-state index contributed by atoms with van der Waals surface area (Å²) in [4.78, 5) is 11.0. The zero-order chi connectivity index (χ0) is 16.4. The van der Waals surface area contributed by atoms with E-state index < -0.39 is 15.4 Å². The molecule has 0 bridgehead atoms. The van der Waals surface area contributed by atoms with Crippen molar-refractivity contribution in [3.63, 3.8) is 0 Å². The van der Waals surface area contributed by atoms with Crippen molar-refractivity contribution in [3.8, 4) is 11.1 Å². The molecule has 23 heavy (non-hydrogen) atoms. The highest BCUT2D eigenvalue weighted by Crippen LogP contribution is 2.24. The number of halogens is 1. The lowest BCUT2D eigenvalue weighted by Crippen LogP contribution is -2.11. The molecule has 0 atom stereocenters. The Morgan fingerprint density at radius 1 is 0.826 bits per heavy atom. The minimum Gasteiger partial charge on any atom is -0.268 e. The molecule has 2 aromatic carbocycles. The minimum absolute atomic E-state index is 0.0583. The van der Waals surface area contributed by atoms with Crippen molar-refractivity contribution >= 4 is 9.84 Å². The van der Waals surface area contributed by atoms with Gasteiger partial charge in [0.1, 0.15) is 5.82 Å². The van der Waals surface area contributed by atoms with Gasteiger partial charge in [0.05, 0.1) is 4.90 Å². The van der Waals surface area contributed by atoms with Gasteiger partial charge in [0.15, 0.2) is 5.03 Å². The molecule has 7 heteroatoms. The van der Waals surface area contributed by atoms with Gasteiger partial charge in [-0.15, -0.1) is 0 Å². The molecule has 1 heterocycles. The van der Waals surface area contributed by atoms with Crippen LogP contribution in [-0.2, 0) is 9.84 Å². The van der Waals surface area contributed by atoms with Gasteiger partial charge in [0.25, 0.3) is 5.56 Å². The van der Waals surface area contributed by atoms with E-state index in [4.69, 9.17) is 0 Å². The van der Waals surface area contributed by atoms with Crippen LogP contribution in [0.1, 0.15) is 0 Å². The lowest BCUT2D eigenvalue weighted by molar-refractivity contribution is 0.589. The van der Waals surface area contributed by atoms with Crippen molar-refractivity contribution in [2.24, 2.45) is 0 Å². The average Bonchev–Trinajstić information content (AvgIpc) is 2.56. The molecule has 3 aromatic rings. The first-order chi connectivity index (χ1) is 11.0. The average molecular weight is 330 g/mol. The third-order valence-electron chi connectivity index (χ3n) is 3.27. The largest absolute Gasteiger partial charge is 0.268 e. The van der Waals surface area contributed by atoms with Crippen LogP contribution >= 0.6 is 0 Å². The summed E-state index contributed by atoms with van der Waals surface area (Å²) in [7, 11) is -3.80. The van der Waals surface area contributed by atoms with Gasteiger partial charge in [-0.1, -0.05) is 24.3 Å². The first-order valence-electron chi connectivity index (χ1n) is 6.64. The number of aromatic nitrogens is 2. The number of nitrogens with one attached hydrogen (secondary N) is 1. The lowest BCUT2D eigenvalue weighted by Gasteiger charge is -2.05. The molecule has 0 aliphatic rings. The van der Waals surface area contributed by atoms with Crippen molar-refractivity contribution in [1.29, 1.82) is 0 Å². The van der Waals surface area contributed by atoms with Crippen molar-refractivity contribution in [3.05, 3.63) is 76.8 Å². The van der Waals surface area contributed by atoms with Crippen molar-refractivity contribution in [1.82, 2.24) is 10.2 Å². The van der Waals surface area contributed by atoms with Crippen LogP contribution in [0.15, 0.2) is 75.4 Å². The molecule has 0 saturated heterocycles. The van der Waals surface area contributed by atoms with E-state index in [0.717, 1.165) is 23.3 Å². The fraction of sp³-hybridized carbons (Fsp3) is 0. The number of aromatic amines is 1. The zero-order valence-electron chi connectivity index (χ0n) is 11.7. The zero-order valence-corrected chi connectivity index (χ0v) is 12.5. The predicted octanol–water partition coefficient (Wildman–Crippen LogP) is 2.41. The number of hydrogen-bond acceptors (Lipinski definition) is 4. The van der Waals surface area contributed by atoms with Crippen LogP contribution in [0.5, 0.6) is 0 Å². The number of hydrogen-bond donors (Lipinski definition) is 1. The molecule has 116 valence electrons. The van der Waals surface area contributed by atoms with Crippen LogP contribution in [-0.4, -0.2) is 18.6 Å². The fourth-order valence-electron chi connectivity index (χ4n) is 2.07. The van der Waals surface area contributed by atoms with Crippen LogP contribution in [0.3, 0.4) is 0 Å². The topological polar surface area (TPSA) is 79.9 Å². The standard InChI is InChI=1S/C16H11FN2O3S/c17-13-5-1-11(2-6-13)12-3-7-14(8-4-12)23(21,22)16-10-9-15(20)18-19-16/h1-10H,(H,18,20). The summed E-state index contributed by atoms with van der Waals surface area (Å²) in [6, 6.07) is 14.3. The molecule has 0 unspecified atom stereocenters.